The van der Waals surface area contributed by atoms with Crippen LogP contribution in [0.3, 0.4) is 0 Å². The molecule has 3 aromatic rings. The maximum absolute atomic E-state index is 6.21. The summed E-state index contributed by atoms with van der Waals surface area (Å²) in [6, 6.07) is 8.67. The van der Waals surface area contributed by atoms with E-state index in [9.17, 15) is 0 Å². The molecule has 1 N–H and O–H groups in total. The van der Waals surface area contributed by atoms with E-state index < -0.39 is 0 Å². The Morgan fingerprint density at radius 2 is 1.79 bits per heavy atom. The van der Waals surface area contributed by atoms with Crippen molar-refractivity contribution >= 4 is 39.0 Å². The molecular weight excluding hydrogens is 340 g/mol. The Labute approximate surface area is 150 Å². The van der Waals surface area contributed by atoms with Crippen molar-refractivity contribution in [3.8, 4) is 11.1 Å². The van der Waals surface area contributed by atoms with Gasteiger partial charge in [0.2, 0.25) is 5.28 Å². The molecule has 1 fully saturated rings. The number of rotatable bonds is 2. The van der Waals surface area contributed by atoms with Crippen molar-refractivity contribution < 1.29 is 0 Å². The number of aryl methyl sites for hydroxylation is 2. The van der Waals surface area contributed by atoms with Gasteiger partial charge in [-0.15, -0.1) is 11.3 Å². The molecule has 0 radical (unpaired) electrons. The van der Waals surface area contributed by atoms with E-state index in [1.165, 1.54) is 21.6 Å². The number of fused-ring (bicyclic) bond motifs is 1. The Morgan fingerprint density at radius 3 is 2.50 bits per heavy atom. The highest BCUT2D eigenvalue weighted by Crippen LogP contribution is 2.42. The van der Waals surface area contributed by atoms with Crippen LogP contribution >= 0.6 is 22.9 Å². The summed E-state index contributed by atoms with van der Waals surface area (Å²) >= 11 is 7.91. The summed E-state index contributed by atoms with van der Waals surface area (Å²) < 4.78 is 0. The van der Waals surface area contributed by atoms with Gasteiger partial charge in [0.05, 0.1) is 5.39 Å². The van der Waals surface area contributed by atoms with E-state index in [0.717, 1.165) is 42.2 Å². The van der Waals surface area contributed by atoms with Crippen molar-refractivity contribution in [2.75, 3.05) is 31.1 Å². The highest BCUT2D eigenvalue weighted by atomic mass is 35.5. The molecule has 0 spiro atoms. The number of nitrogens with one attached hydrogen (secondary N) is 1. The van der Waals surface area contributed by atoms with Crippen molar-refractivity contribution in [2.45, 2.75) is 13.8 Å². The van der Waals surface area contributed by atoms with Gasteiger partial charge < -0.3 is 10.2 Å². The first-order chi connectivity index (χ1) is 11.6. The van der Waals surface area contributed by atoms with Gasteiger partial charge in [-0.2, -0.15) is 4.98 Å². The Morgan fingerprint density at radius 1 is 1.08 bits per heavy atom. The highest BCUT2D eigenvalue weighted by Gasteiger charge is 2.22. The third-order valence-electron chi connectivity index (χ3n) is 4.44. The van der Waals surface area contributed by atoms with Crippen LogP contribution in [-0.4, -0.2) is 36.1 Å². The first-order valence-electron chi connectivity index (χ1n) is 8.13. The van der Waals surface area contributed by atoms with E-state index >= 15 is 0 Å². The van der Waals surface area contributed by atoms with Gasteiger partial charge in [0, 0.05) is 36.6 Å². The number of thiophene rings is 1. The molecule has 0 amide bonds. The monoisotopic (exact) mass is 358 g/mol. The zero-order valence-electron chi connectivity index (χ0n) is 13.8. The molecule has 24 heavy (non-hydrogen) atoms. The van der Waals surface area contributed by atoms with Crippen LogP contribution in [0.15, 0.2) is 24.3 Å². The number of anilines is 1. The molecule has 1 aliphatic heterocycles. The maximum Gasteiger partial charge on any atom is 0.225 e. The van der Waals surface area contributed by atoms with E-state index in [-0.39, 0.29) is 0 Å². The van der Waals surface area contributed by atoms with Crippen LogP contribution in [0.5, 0.6) is 0 Å². The van der Waals surface area contributed by atoms with Crippen LogP contribution in [0.4, 0.5) is 5.82 Å². The zero-order chi connectivity index (χ0) is 16.7. The molecule has 0 atom stereocenters. The highest BCUT2D eigenvalue weighted by molar-refractivity contribution is 7.19. The van der Waals surface area contributed by atoms with Gasteiger partial charge in [-0.3, -0.25) is 0 Å². The average Bonchev–Trinajstić information content (AvgIpc) is 2.91. The molecule has 4 nitrogen and oxygen atoms in total. The number of benzene rings is 1. The van der Waals surface area contributed by atoms with Gasteiger partial charge in [-0.1, -0.05) is 29.8 Å². The Kier molecular flexibility index (Phi) is 4.16. The fraction of sp³-hybridized carbons (Fsp3) is 0.333. The van der Waals surface area contributed by atoms with Crippen LogP contribution in [0.25, 0.3) is 21.3 Å². The van der Waals surface area contributed by atoms with Crippen molar-refractivity contribution in [3.63, 3.8) is 0 Å². The number of halogens is 1. The first-order valence-corrected chi connectivity index (χ1v) is 9.32. The number of hydrogen-bond acceptors (Lipinski definition) is 5. The summed E-state index contributed by atoms with van der Waals surface area (Å²) in [5.41, 5.74) is 3.71. The molecule has 1 aromatic carbocycles. The number of piperazine rings is 1. The molecule has 0 unspecified atom stereocenters. The van der Waals surface area contributed by atoms with Gasteiger partial charge in [0.1, 0.15) is 10.6 Å². The van der Waals surface area contributed by atoms with Crippen molar-refractivity contribution in [2.24, 2.45) is 0 Å². The first kappa shape index (κ1) is 15.8. The number of nitrogens with zero attached hydrogens (tertiary/aromatic N) is 3. The minimum atomic E-state index is 0.327. The lowest BCUT2D eigenvalue weighted by Gasteiger charge is -2.29. The van der Waals surface area contributed by atoms with Crippen LogP contribution in [0.2, 0.25) is 5.28 Å². The lowest BCUT2D eigenvalue weighted by Crippen LogP contribution is -2.44. The summed E-state index contributed by atoms with van der Waals surface area (Å²) in [5.74, 6) is 0.964. The smallest absolute Gasteiger partial charge is 0.225 e. The zero-order valence-corrected chi connectivity index (χ0v) is 15.3. The molecule has 124 valence electrons. The summed E-state index contributed by atoms with van der Waals surface area (Å²) in [6.45, 7) is 8.06. The lowest BCUT2D eigenvalue weighted by atomic mass is 10.0. The summed E-state index contributed by atoms with van der Waals surface area (Å²) in [7, 11) is 0. The van der Waals surface area contributed by atoms with Gasteiger partial charge in [-0.05, 0) is 31.0 Å². The summed E-state index contributed by atoms with van der Waals surface area (Å²) in [6.07, 6.45) is 0. The fourth-order valence-corrected chi connectivity index (χ4v) is 4.50. The molecule has 1 aliphatic rings. The molecule has 4 rings (SSSR count). The third kappa shape index (κ3) is 2.77. The average molecular weight is 359 g/mol. The van der Waals surface area contributed by atoms with E-state index in [2.05, 4.69) is 58.3 Å². The van der Waals surface area contributed by atoms with E-state index in [1.807, 2.05) is 0 Å². The second-order valence-corrected chi connectivity index (χ2v) is 7.67. The minimum Gasteiger partial charge on any atom is -0.353 e. The van der Waals surface area contributed by atoms with Crippen molar-refractivity contribution in [1.82, 2.24) is 15.3 Å². The SMILES string of the molecule is Cc1ccc(-c2c(C)sc3nc(Cl)nc(N4CCNCC4)c23)cc1. The molecule has 2 aromatic heterocycles. The lowest BCUT2D eigenvalue weighted by molar-refractivity contribution is 0.586. The van der Waals surface area contributed by atoms with Crippen LogP contribution in [0, 0.1) is 13.8 Å². The van der Waals surface area contributed by atoms with Gasteiger partial charge >= 0.3 is 0 Å². The minimum absolute atomic E-state index is 0.327. The van der Waals surface area contributed by atoms with E-state index in [0.29, 0.717) is 5.28 Å². The van der Waals surface area contributed by atoms with Crippen molar-refractivity contribution in [3.05, 3.63) is 40.0 Å². The Balaban J connectivity index is 1.96. The van der Waals surface area contributed by atoms with Crippen LogP contribution in [0.1, 0.15) is 10.4 Å². The van der Waals surface area contributed by atoms with Crippen molar-refractivity contribution in [1.29, 1.82) is 0 Å². The molecule has 0 saturated carbocycles. The number of aromatic nitrogens is 2. The number of hydrogen-bond donors (Lipinski definition) is 1. The molecule has 0 aliphatic carbocycles. The van der Waals surface area contributed by atoms with E-state index in [4.69, 9.17) is 11.6 Å². The summed E-state index contributed by atoms with van der Waals surface area (Å²) in [5, 5.41) is 4.85. The summed E-state index contributed by atoms with van der Waals surface area (Å²) in [4.78, 5) is 13.6. The molecule has 0 bridgehead atoms. The Bertz CT molecular complexity index is 882. The third-order valence-corrected chi connectivity index (χ3v) is 5.61. The predicted molar refractivity (Wildman–Crippen MR) is 102 cm³/mol. The normalized spacial score (nSPS) is 15.2. The standard InChI is InChI=1S/C18H19ClN4S/c1-11-3-5-13(6-4-11)14-12(2)24-17-15(14)16(21-18(19)22-17)23-9-7-20-8-10-23/h3-6,20H,7-10H2,1-2H3. The van der Waals surface area contributed by atoms with Crippen LogP contribution < -0.4 is 10.2 Å². The van der Waals surface area contributed by atoms with Crippen LogP contribution in [-0.2, 0) is 0 Å². The second-order valence-electron chi connectivity index (χ2n) is 6.13. The van der Waals surface area contributed by atoms with Gasteiger partial charge in [0.15, 0.2) is 0 Å². The fourth-order valence-electron chi connectivity index (χ4n) is 3.24. The second kappa shape index (κ2) is 6.31. The largest absolute Gasteiger partial charge is 0.353 e. The molecule has 6 heteroatoms. The molecular formula is C18H19ClN4S. The quantitative estimate of drug-likeness (QED) is 0.702. The topological polar surface area (TPSA) is 41.1 Å². The van der Waals surface area contributed by atoms with Gasteiger partial charge in [0.25, 0.3) is 0 Å². The predicted octanol–water partition coefficient (Wildman–Crippen LogP) is 4.04. The maximum atomic E-state index is 6.21. The molecule has 1 saturated heterocycles. The molecule has 3 heterocycles. The Hall–Kier alpha value is -1.69. The van der Waals surface area contributed by atoms with E-state index in [1.54, 1.807) is 11.3 Å². The van der Waals surface area contributed by atoms with Gasteiger partial charge in [-0.25, -0.2) is 4.98 Å².